The van der Waals surface area contributed by atoms with E-state index in [-0.39, 0.29) is 18.2 Å². The maximum atomic E-state index is 11.7. The Morgan fingerprint density at radius 1 is 1.24 bits per heavy atom. The van der Waals surface area contributed by atoms with E-state index in [0.717, 1.165) is 0 Å². The molecule has 0 radical (unpaired) electrons. The summed E-state index contributed by atoms with van der Waals surface area (Å²) in [7, 11) is 0. The Balaban J connectivity index is 3.04. The highest BCUT2D eigenvalue weighted by molar-refractivity contribution is 6.66. The van der Waals surface area contributed by atoms with E-state index in [0.29, 0.717) is 11.1 Å². The smallest absolute Gasteiger partial charge is 0.354 e. The van der Waals surface area contributed by atoms with Crippen molar-refractivity contribution in [2.24, 2.45) is 0 Å². The van der Waals surface area contributed by atoms with E-state index in [1.54, 1.807) is 31.2 Å². The van der Waals surface area contributed by atoms with Crippen molar-refractivity contribution >= 4 is 52.8 Å². The van der Waals surface area contributed by atoms with Crippen LogP contribution in [0.2, 0.25) is 0 Å². The number of esters is 1. The van der Waals surface area contributed by atoms with E-state index >= 15 is 0 Å². The van der Waals surface area contributed by atoms with Gasteiger partial charge in [-0.05, 0) is 18.6 Å². The van der Waals surface area contributed by atoms with Crippen molar-refractivity contribution in [1.29, 1.82) is 0 Å². The Morgan fingerprint density at radius 3 is 2.24 bits per heavy atom. The molecule has 0 spiro atoms. The number of alkyl halides is 3. The van der Waals surface area contributed by atoms with Crippen molar-refractivity contribution < 1.29 is 14.3 Å². The number of carbonyl (C=O) groups is 2. The van der Waals surface area contributed by atoms with Crippen molar-refractivity contribution in [2.75, 3.05) is 6.61 Å². The third kappa shape index (κ3) is 5.96. The predicted molar refractivity (Wildman–Crippen MR) is 84.1 cm³/mol. The number of hydrogen-bond acceptors (Lipinski definition) is 3. The molecule has 21 heavy (non-hydrogen) atoms. The van der Waals surface area contributed by atoms with Gasteiger partial charge in [0.05, 0.1) is 6.61 Å². The van der Waals surface area contributed by atoms with Crippen molar-refractivity contribution in [2.45, 2.75) is 17.6 Å². The number of hydrogen-bond donors (Lipinski definition) is 1. The van der Waals surface area contributed by atoms with E-state index < -0.39 is 9.76 Å². The minimum atomic E-state index is -1.51. The molecule has 0 aliphatic heterocycles. The molecule has 0 aliphatic rings. The Labute approximate surface area is 138 Å². The summed E-state index contributed by atoms with van der Waals surface area (Å²) in [6.07, 6.45) is 1.49. The molecular weight excluding hydrogens is 337 g/mol. The summed E-state index contributed by atoms with van der Waals surface area (Å²) in [5.74, 6) is -0.981. The zero-order valence-electron chi connectivity index (χ0n) is 11.5. The van der Waals surface area contributed by atoms with Gasteiger partial charge in [0.2, 0.25) is 9.70 Å². The molecule has 0 fully saturated rings. The fourth-order valence-electron chi connectivity index (χ4n) is 1.48. The number of halogens is 3. The number of nitrogens with one attached hydrogen (secondary N) is 1. The van der Waals surface area contributed by atoms with Crippen LogP contribution in [0.4, 0.5) is 0 Å². The fourth-order valence-corrected chi connectivity index (χ4v) is 1.86. The molecule has 0 unspecified atom stereocenters. The van der Waals surface area contributed by atoms with Crippen LogP contribution in [0, 0.1) is 0 Å². The molecular formula is C14H14Cl3NO3. The van der Waals surface area contributed by atoms with Gasteiger partial charge in [-0.3, -0.25) is 4.79 Å². The third-order valence-corrected chi connectivity index (χ3v) is 3.01. The molecule has 0 heterocycles. The highest BCUT2D eigenvalue weighted by Gasteiger charge is 2.22. The van der Waals surface area contributed by atoms with Gasteiger partial charge in [-0.15, -0.1) is 0 Å². The maximum absolute atomic E-state index is 11.7. The molecule has 0 saturated heterocycles. The van der Waals surface area contributed by atoms with Gasteiger partial charge in [-0.1, -0.05) is 59.1 Å². The highest BCUT2D eigenvalue weighted by atomic mass is 35.6. The van der Waals surface area contributed by atoms with Crippen LogP contribution in [-0.4, -0.2) is 18.5 Å². The van der Waals surface area contributed by atoms with Gasteiger partial charge in [0.15, 0.2) is 0 Å². The average molecular weight is 351 g/mol. The van der Waals surface area contributed by atoms with Crippen LogP contribution in [0.1, 0.15) is 25.0 Å². The van der Waals surface area contributed by atoms with E-state index in [2.05, 4.69) is 5.32 Å². The maximum Gasteiger partial charge on any atom is 0.354 e. The minimum absolute atomic E-state index is 0.0472. The highest BCUT2D eigenvalue weighted by Crippen LogP contribution is 2.38. The molecule has 1 aromatic carbocycles. The third-order valence-electron chi connectivity index (χ3n) is 2.36. The number of rotatable bonds is 4. The van der Waals surface area contributed by atoms with Crippen LogP contribution in [0.5, 0.6) is 0 Å². The lowest BCUT2D eigenvalue weighted by Crippen LogP contribution is -2.26. The number of carbonyl (C=O) groups excluding carboxylic acids is 2. The monoisotopic (exact) mass is 349 g/mol. The summed E-state index contributed by atoms with van der Waals surface area (Å²) in [4.78, 5) is 22.9. The summed E-state index contributed by atoms with van der Waals surface area (Å²) in [5, 5.41) is 2.43. The van der Waals surface area contributed by atoms with E-state index in [1.807, 2.05) is 0 Å². The molecule has 1 aromatic rings. The van der Waals surface area contributed by atoms with Gasteiger partial charge in [-0.25, -0.2) is 4.79 Å². The van der Waals surface area contributed by atoms with Crippen LogP contribution in [0.25, 0.3) is 6.08 Å². The Hall–Kier alpha value is -1.23. The van der Waals surface area contributed by atoms with E-state index in [1.165, 1.54) is 13.0 Å². The van der Waals surface area contributed by atoms with Crippen LogP contribution < -0.4 is 5.32 Å². The first-order valence-corrected chi connectivity index (χ1v) is 7.21. The van der Waals surface area contributed by atoms with Crippen LogP contribution in [0.3, 0.4) is 0 Å². The molecule has 0 aliphatic carbocycles. The van der Waals surface area contributed by atoms with E-state index in [9.17, 15) is 9.59 Å². The van der Waals surface area contributed by atoms with Crippen molar-refractivity contribution in [1.82, 2.24) is 5.32 Å². The predicted octanol–water partition coefficient (Wildman–Crippen LogP) is 3.55. The lowest BCUT2D eigenvalue weighted by Gasteiger charge is -2.11. The van der Waals surface area contributed by atoms with Crippen molar-refractivity contribution in [3.8, 4) is 0 Å². The summed E-state index contributed by atoms with van der Waals surface area (Å²) in [6, 6.07) is 6.57. The first-order valence-electron chi connectivity index (χ1n) is 6.07. The molecule has 1 N–H and O–H groups in total. The zero-order chi connectivity index (χ0) is 16.0. The lowest BCUT2D eigenvalue weighted by molar-refractivity contribution is -0.139. The molecule has 0 saturated carbocycles. The average Bonchev–Trinajstić information content (AvgIpc) is 2.37. The number of ether oxygens (including phenoxy) is 1. The summed E-state index contributed by atoms with van der Waals surface area (Å²) in [5.41, 5.74) is 1.21. The Kier molecular flexibility index (Phi) is 6.52. The molecule has 4 nitrogen and oxygen atoms in total. The van der Waals surface area contributed by atoms with Crippen molar-refractivity contribution in [3.63, 3.8) is 0 Å². The first-order chi connectivity index (χ1) is 9.74. The van der Waals surface area contributed by atoms with Crippen LogP contribution in [0.15, 0.2) is 30.0 Å². The van der Waals surface area contributed by atoms with Gasteiger partial charge in [-0.2, -0.15) is 0 Å². The standard InChI is InChI=1S/C14H14Cl3NO3/c1-3-21-13(20)12(18-9(2)19)8-10-4-6-11(7-5-10)14(15,16)17/h4-8H,3H2,1-2H3,(H,18,19)/b12-8+. The number of amides is 1. The summed E-state index contributed by atoms with van der Waals surface area (Å²) in [6.45, 7) is 3.19. The van der Waals surface area contributed by atoms with Gasteiger partial charge >= 0.3 is 5.97 Å². The molecule has 7 heteroatoms. The van der Waals surface area contributed by atoms with Crippen molar-refractivity contribution in [3.05, 3.63) is 41.1 Å². The summed E-state index contributed by atoms with van der Waals surface area (Å²) >= 11 is 17.3. The Bertz CT molecular complexity index is 548. The molecule has 114 valence electrons. The topological polar surface area (TPSA) is 55.4 Å². The van der Waals surface area contributed by atoms with E-state index in [4.69, 9.17) is 39.5 Å². The summed E-state index contributed by atoms with van der Waals surface area (Å²) < 4.78 is 3.36. The second-order valence-electron chi connectivity index (χ2n) is 4.08. The Morgan fingerprint density at radius 2 is 1.81 bits per heavy atom. The zero-order valence-corrected chi connectivity index (χ0v) is 13.7. The van der Waals surface area contributed by atoms with Crippen LogP contribution in [-0.2, 0) is 18.1 Å². The second-order valence-corrected chi connectivity index (χ2v) is 6.36. The van der Waals surface area contributed by atoms with Gasteiger partial charge < -0.3 is 10.1 Å². The lowest BCUT2D eigenvalue weighted by atomic mass is 10.1. The fraction of sp³-hybridized carbons (Fsp3) is 0.286. The molecule has 1 amide bonds. The van der Waals surface area contributed by atoms with Crippen LogP contribution >= 0.6 is 34.8 Å². The second kappa shape index (κ2) is 7.69. The molecule has 1 rings (SSSR count). The largest absolute Gasteiger partial charge is 0.461 e. The minimum Gasteiger partial charge on any atom is -0.461 e. The molecule has 0 bridgehead atoms. The molecule has 0 atom stereocenters. The van der Waals surface area contributed by atoms with Gasteiger partial charge in [0.25, 0.3) is 0 Å². The number of benzene rings is 1. The van der Waals surface area contributed by atoms with Gasteiger partial charge in [0.1, 0.15) is 5.70 Å². The SMILES string of the molecule is CCOC(=O)/C(=C\c1ccc(C(Cl)(Cl)Cl)cc1)NC(C)=O. The van der Waals surface area contributed by atoms with Gasteiger partial charge in [0, 0.05) is 12.5 Å². The first kappa shape index (κ1) is 17.8. The quantitative estimate of drug-likeness (QED) is 0.513. The normalized spacial score (nSPS) is 12.0. The molecule has 0 aromatic heterocycles.